The van der Waals surface area contributed by atoms with Crippen LogP contribution in [0.1, 0.15) is 78.1 Å². The van der Waals surface area contributed by atoms with Gasteiger partial charge in [-0.3, -0.25) is 0 Å². The quantitative estimate of drug-likeness (QED) is 0.776. The van der Waals surface area contributed by atoms with Gasteiger partial charge in [-0.15, -0.1) is 0 Å². The summed E-state index contributed by atoms with van der Waals surface area (Å²) in [5.41, 5.74) is 0.533. The summed E-state index contributed by atoms with van der Waals surface area (Å²) < 4.78 is 0. The lowest BCUT2D eigenvalue weighted by Gasteiger charge is -2.43. The van der Waals surface area contributed by atoms with E-state index in [-0.39, 0.29) is 0 Å². The van der Waals surface area contributed by atoms with E-state index in [0.717, 1.165) is 23.9 Å². The van der Waals surface area contributed by atoms with E-state index in [1.165, 1.54) is 64.2 Å². The maximum atomic E-state index is 4.06. The lowest BCUT2D eigenvalue weighted by molar-refractivity contribution is 0.135. The van der Waals surface area contributed by atoms with Crippen molar-refractivity contribution in [1.82, 2.24) is 5.32 Å². The maximum Gasteiger partial charge on any atom is 0.0121 e. The van der Waals surface area contributed by atoms with Crippen LogP contribution in [0.5, 0.6) is 0 Å². The minimum Gasteiger partial charge on any atom is -0.311 e. The van der Waals surface area contributed by atoms with Gasteiger partial charge in [0, 0.05) is 12.1 Å². The summed E-state index contributed by atoms with van der Waals surface area (Å²) in [7, 11) is 0. The molecule has 0 radical (unpaired) electrons. The average Bonchev–Trinajstić information content (AvgIpc) is 3.16. The first kappa shape index (κ1) is 13.0. The Bertz CT molecular complexity index is 279. The lowest BCUT2D eigenvalue weighted by atomic mass is 9.72. The lowest BCUT2D eigenvalue weighted by Crippen LogP contribution is -2.49. The van der Waals surface area contributed by atoms with Gasteiger partial charge < -0.3 is 5.32 Å². The molecule has 0 aliphatic heterocycles. The fourth-order valence-electron chi connectivity index (χ4n) is 4.46. The molecular formula is C17H31N. The number of hydrogen-bond donors (Lipinski definition) is 1. The molecule has 18 heavy (non-hydrogen) atoms. The standard InChI is InChI=1S/C17H31N/c1-17(2)11-4-3-8-16(17)18-15-7-5-6-14(12-15)13-9-10-13/h13-16,18H,3-12H2,1-2H3. The number of hydrogen-bond acceptors (Lipinski definition) is 1. The molecule has 3 atom stereocenters. The Morgan fingerprint density at radius 1 is 0.833 bits per heavy atom. The molecule has 0 aromatic heterocycles. The van der Waals surface area contributed by atoms with E-state index in [2.05, 4.69) is 19.2 Å². The molecule has 3 aliphatic carbocycles. The fraction of sp³-hybridized carbons (Fsp3) is 1.00. The Morgan fingerprint density at radius 3 is 2.39 bits per heavy atom. The highest BCUT2D eigenvalue weighted by Crippen LogP contribution is 2.44. The SMILES string of the molecule is CC1(C)CCCCC1NC1CCCC(C2CC2)C1. The van der Waals surface area contributed by atoms with Crippen LogP contribution in [0, 0.1) is 17.3 Å². The zero-order valence-corrected chi connectivity index (χ0v) is 12.4. The summed E-state index contributed by atoms with van der Waals surface area (Å²) in [6.45, 7) is 4.95. The van der Waals surface area contributed by atoms with Crippen LogP contribution >= 0.6 is 0 Å². The summed E-state index contributed by atoms with van der Waals surface area (Å²) in [4.78, 5) is 0. The van der Waals surface area contributed by atoms with Crippen LogP contribution < -0.4 is 5.32 Å². The van der Waals surface area contributed by atoms with Gasteiger partial charge in [-0.2, -0.15) is 0 Å². The van der Waals surface area contributed by atoms with Gasteiger partial charge in [-0.05, 0) is 55.8 Å². The van der Waals surface area contributed by atoms with Gasteiger partial charge in [0.1, 0.15) is 0 Å². The van der Waals surface area contributed by atoms with Crippen LogP contribution in [0.2, 0.25) is 0 Å². The molecule has 1 nitrogen and oxygen atoms in total. The van der Waals surface area contributed by atoms with Crippen molar-refractivity contribution in [2.75, 3.05) is 0 Å². The van der Waals surface area contributed by atoms with Gasteiger partial charge in [0.2, 0.25) is 0 Å². The molecule has 0 amide bonds. The van der Waals surface area contributed by atoms with Gasteiger partial charge >= 0.3 is 0 Å². The molecule has 3 fully saturated rings. The van der Waals surface area contributed by atoms with Crippen LogP contribution in [-0.2, 0) is 0 Å². The Hall–Kier alpha value is -0.0400. The highest BCUT2D eigenvalue weighted by atomic mass is 15.0. The van der Waals surface area contributed by atoms with Gasteiger partial charge in [0.05, 0.1) is 0 Å². The smallest absolute Gasteiger partial charge is 0.0121 e. The Labute approximate surface area is 113 Å². The molecule has 0 spiro atoms. The molecule has 0 bridgehead atoms. The second-order valence-electron chi connectivity index (χ2n) is 7.91. The van der Waals surface area contributed by atoms with E-state index < -0.39 is 0 Å². The van der Waals surface area contributed by atoms with Crippen LogP contribution in [0.15, 0.2) is 0 Å². The molecule has 0 aromatic carbocycles. The van der Waals surface area contributed by atoms with Crippen molar-refractivity contribution in [2.24, 2.45) is 17.3 Å². The number of rotatable bonds is 3. The zero-order valence-electron chi connectivity index (χ0n) is 12.4. The van der Waals surface area contributed by atoms with Crippen LogP contribution in [-0.4, -0.2) is 12.1 Å². The van der Waals surface area contributed by atoms with Crippen molar-refractivity contribution in [3.63, 3.8) is 0 Å². The molecule has 104 valence electrons. The van der Waals surface area contributed by atoms with E-state index in [1.807, 2.05) is 0 Å². The Kier molecular flexibility index (Phi) is 3.71. The Morgan fingerprint density at radius 2 is 1.67 bits per heavy atom. The predicted molar refractivity (Wildman–Crippen MR) is 77.6 cm³/mol. The summed E-state index contributed by atoms with van der Waals surface area (Å²) in [6, 6.07) is 1.63. The van der Waals surface area contributed by atoms with Gasteiger partial charge in [0.25, 0.3) is 0 Å². The Balaban J connectivity index is 1.54. The van der Waals surface area contributed by atoms with E-state index in [1.54, 1.807) is 0 Å². The molecule has 3 unspecified atom stereocenters. The molecule has 3 rings (SSSR count). The zero-order chi connectivity index (χ0) is 12.6. The molecule has 1 N–H and O–H groups in total. The van der Waals surface area contributed by atoms with Crippen molar-refractivity contribution in [3.8, 4) is 0 Å². The third-order valence-electron chi connectivity index (χ3n) is 5.95. The average molecular weight is 249 g/mol. The van der Waals surface area contributed by atoms with Gasteiger partial charge in [0.15, 0.2) is 0 Å². The van der Waals surface area contributed by atoms with Crippen LogP contribution in [0.25, 0.3) is 0 Å². The summed E-state index contributed by atoms with van der Waals surface area (Å²) >= 11 is 0. The van der Waals surface area contributed by atoms with E-state index in [4.69, 9.17) is 0 Å². The summed E-state index contributed by atoms with van der Waals surface area (Å²) in [6.07, 6.45) is 14.7. The molecule has 0 saturated heterocycles. The van der Waals surface area contributed by atoms with Crippen molar-refractivity contribution in [1.29, 1.82) is 0 Å². The van der Waals surface area contributed by atoms with E-state index in [0.29, 0.717) is 5.41 Å². The van der Waals surface area contributed by atoms with Crippen molar-refractivity contribution in [3.05, 3.63) is 0 Å². The van der Waals surface area contributed by atoms with Gasteiger partial charge in [-0.1, -0.05) is 39.5 Å². The topological polar surface area (TPSA) is 12.0 Å². The molecule has 3 saturated carbocycles. The minimum absolute atomic E-state index is 0.533. The molecular weight excluding hydrogens is 218 g/mol. The monoisotopic (exact) mass is 249 g/mol. The first-order valence-corrected chi connectivity index (χ1v) is 8.41. The van der Waals surface area contributed by atoms with Crippen LogP contribution in [0.3, 0.4) is 0 Å². The van der Waals surface area contributed by atoms with Crippen molar-refractivity contribution >= 4 is 0 Å². The van der Waals surface area contributed by atoms with Crippen molar-refractivity contribution < 1.29 is 0 Å². The van der Waals surface area contributed by atoms with Crippen molar-refractivity contribution in [2.45, 2.75) is 90.1 Å². The minimum atomic E-state index is 0.533. The highest BCUT2D eigenvalue weighted by Gasteiger charge is 2.37. The van der Waals surface area contributed by atoms with Crippen LogP contribution in [0.4, 0.5) is 0 Å². The third-order valence-corrected chi connectivity index (χ3v) is 5.95. The summed E-state index contributed by atoms with van der Waals surface area (Å²) in [5, 5.41) is 4.06. The second-order valence-corrected chi connectivity index (χ2v) is 7.91. The normalized spacial score (nSPS) is 40.7. The number of nitrogens with one attached hydrogen (secondary N) is 1. The molecule has 0 aromatic rings. The highest BCUT2D eigenvalue weighted by molar-refractivity contribution is 4.93. The van der Waals surface area contributed by atoms with E-state index in [9.17, 15) is 0 Å². The third kappa shape index (κ3) is 2.92. The molecule has 3 aliphatic rings. The first-order chi connectivity index (χ1) is 8.65. The fourth-order valence-corrected chi connectivity index (χ4v) is 4.46. The second kappa shape index (κ2) is 5.15. The predicted octanol–water partition coefficient (Wildman–Crippen LogP) is 4.51. The molecule has 0 heterocycles. The first-order valence-electron chi connectivity index (χ1n) is 8.41. The van der Waals surface area contributed by atoms with E-state index >= 15 is 0 Å². The maximum absolute atomic E-state index is 4.06. The summed E-state index contributed by atoms with van der Waals surface area (Å²) in [5.74, 6) is 2.19. The largest absolute Gasteiger partial charge is 0.311 e. The van der Waals surface area contributed by atoms with Gasteiger partial charge in [-0.25, -0.2) is 0 Å². The molecule has 1 heteroatoms.